The highest BCUT2D eigenvalue weighted by Gasteiger charge is 2.14. The predicted octanol–water partition coefficient (Wildman–Crippen LogP) is 6.37. The Hall–Kier alpha value is -4.06. The number of carbonyl (C=O) groups excluding carboxylic acids is 1. The minimum absolute atomic E-state index is 0.110. The first kappa shape index (κ1) is 25.0. The van der Waals surface area contributed by atoms with E-state index in [1.54, 1.807) is 18.2 Å². The van der Waals surface area contributed by atoms with E-state index in [0.29, 0.717) is 31.4 Å². The average molecular weight is 485 g/mol. The average Bonchev–Trinajstić information content (AvgIpc) is 2.89. The highest BCUT2D eigenvalue weighted by molar-refractivity contribution is 5.98. The Kier molecular flexibility index (Phi) is 8.06. The van der Waals surface area contributed by atoms with E-state index in [1.807, 2.05) is 36.4 Å². The quantitative estimate of drug-likeness (QED) is 0.256. The number of unbranched alkanes of at least 4 members (excludes halogenated alkanes) is 1. The monoisotopic (exact) mass is 484 g/mol. The molecule has 4 aromatic rings. The van der Waals surface area contributed by atoms with E-state index >= 15 is 0 Å². The van der Waals surface area contributed by atoms with Gasteiger partial charge in [0.05, 0.1) is 11.2 Å². The standard InChI is InChI=1S/C30H29FN2O3/c1-20(21-7-3-2-4-8-21)19-32-30(36)24-13-16-27-25(18-24)17-23(9-5-6-10-28(34)35)29(33-27)22-11-14-26(31)15-12-22/h2-4,7-8,11-18,20H,5-6,9-10,19H2,1H3,(H,32,36)(H,34,35)/t20-/m1/s1. The summed E-state index contributed by atoms with van der Waals surface area (Å²) in [7, 11) is 0. The Balaban J connectivity index is 1.57. The van der Waals surface area contributed by atoms with Crippen molar-refractivity contribution < 1.29 is 19.1 Å². The summed E-state index contributed by atoms with van der Waals surface area (Å²) in [6.45, 7) is 2.60. The second-order valence-electron chi connectivity index (χ2n) is 9.03. The van der Waals surface area contributed by atoms with Crippen LogP contribution in [0.4, 0.5) is 4.39 Å². The molecule has 0 unspecified atom stereocenters. The van der Waals surface area contributed by atoms with E-state index in [4.69, 9.17) is 10.1 Å². The number of halogens is 1. The molecule has 1 heterocycles. The zero-order chi connectivity index (χ0) is 25.5. The van der Waals surface area contributed by atoms with Crippen molar-refractivity contribution in [3.63, 3.8) is 0 Å². The van der Waals surface area contributed by atoms with Gasteiger partial charge in [-0.05, 0) is 84.8 Å². The van der Waals surface area contributed by atoms with Crippen LogP contribution in [0.3, 0.4) is 0 Å². The van der Waals surface area contributed by atoms with Gasteiger partial charge in [-0.25, -0.2) is 9.37 Å². The molecule has 0 radical (unpaired) electrons. The van der Waals surface area contributed by atoms with Gasteiger partial charge in [-0.2, -0.15) is 0 Å². The summed E-state index contributed by atoms with van der Waals surface area (Å²) in [6, 6.07) is 23.7. The van der Waals surface area contributed by atoms with Crippen molar-refractivity contribution in [3.05, 3.63) is 101 Å². The Morgan fingerprint density at radius 1 is 0.972 bits per heavy atom. The van der Waals surface area contributed by atoms with Crippen molar-refractivity contribution in [2.45, 2.75) is 38.5 Å². The molecule has 0 aliphatic heterocycles. The normalized spacial score (nSPS) is 11.8. The van der Waals surface area contributed by atoms with E-state index in [-0.39, 0.29) is 24.1 Å². The Bertz CT molecular complexity index is 1350. The van der Waals surface area contributed by atoms with Gasteiger partial charge in [-0.1, -0.05) is 37.3 Å². The maximum atomic E-state index is 13.5. The lowest BCUT2D eigenvalue weighted by atomic mass is 9.98. The molecule has 1 atom stereocenters. The first-order valence-electron chi connectivity index (χ1n) is 12.2. The van der Waals surface area contributed by atoms with Crippen molar-refractivity contribution in [2.75, 3.05) is 6.54 Å². The highest BCUT2D eigenvalue weighted by Crippen LogP contribution is 2.28. The third-order valence-electron chi connectivity index (χ3n) is 6.30. The number of pyridine rings is 1. The molecule has 36 heavy (non-hydrogen) atoms. The summed E-state index contributed by atoms with van der Waals surface area (Å²) in [6.07, 6.45) is 1.98. The number of nitrogens with one attached hydrogen (secondary N) is 1. The molecule has 0 aliphatic carbocycles. The molecule has 0 saturated carbocycles. The number of fused-ring (bicyclic) bond motifs is 1. The number of benzene rings is 3. The van der Waals surface area contributed by atoms with Crippen LogP contribution >= 0.6 is 0 Å². The lowest BCUT2D eigenvalue weighted by Crippen LogP contribution is -2.27. The SMILES string of the molecule is C[C@H](CNC(=O)c1ccc2nc(-c3ccc(F)cc3)c(CCCCC(=O)O)cc2c1)c1ccccc1. The van der Waals surface area contributed by atoms with Crippen molar-refractivity contribution in [1.29, 1.82) is 0 Å². The lowest BCUT2D eigenvalue weighted by molar-refractivity contribution is -0.137. The van der Waals surface area contributed by atoms with E-state index in [0.717, 1.165) is 27.7 Å². The van der Waals surface area contributed by atoms with Crippen molar-refractivity contribution in [2.24, 2.45) is 0 Å². The van der Waals surface area contributed by atoms with Gasteiger partial charge in [0.25, 0.3) is 5.91 Å². The molecular formula is C30H29FN2O3. The number of carboxylic acids is 1. The first-order valence-corrected chi connectivity index (χ1v) is 12.2. The number of aryl methyl sites for hydroxylation is 1. The van der Waals surface area contributed by atoms with Gasteiger partial charge in [0.2, 0.25) is 0 Å². The number of aliphatic carboxylic acids is 1. The number of nitrogens with zero attached hydrogens (tertiary/aromatic N) is 1. The van der Waals surface area contributed by atoms with Crippen LogP contribution in [-0.4, -0.2) is 28.5 Å². The molecule has 0 bridgehead atoms. The Morgan fingerprint density at radius 3 is 2.44 bits per heavy atom. The fraction of sp³-hybridized carbons (Fsp3) is 0.233. The van der Waals surface area contributed by atoms with Gasteiger partial charge in [0, 0.05) is 29.5 Å². The van der Waals surface area contributed by atoms with Crippen LogP contribution in [0.15, 0.2) is 78.9 Å². The molecule has 6 heteroatoms. The summed E-state index contributed by atoms with van der Waals surface area (Å²) >= 11 is 0. The Labute approximate surface area is 210 Å². The van der Waals surface area contributed by atoms with E-state index in [9.17, 15) is 14.0 Å². The Morgan fingerprint density at radius 2 is 1.72 bits per heavy atom. The molecule has 3 aromatic carbocycles. The summed E-state index contributed by atoms with van der Waals surface area (Å²) in [5.41, 5.74) is 4.93. The third-order valence-corrected chi connectivity index (χ3v) is 6.30. The minimum Gasteiger partial charge on any atom is -0.481 e. The van der Waals surface area contributed by atoms with Gasteiger partial charge >= 0.3 is 5.97 Å². The fourth-order valence-electron chi connectivity index (χ4n) is 4.25. The summed E-state index contributed by atoms with van der Waals surface area (Å²) in [4.78, 5) is 28.6. The molecule has 0 saturated heterocycles. The smallest absolute Gasteiger partial charge is 0.303 e. The number of aromatic nitrogens is 1. The van der Waals surface area contributed by atoms with Crippen molar-refractivity contribution in [3.8, 4) is 11.3 Å². The molecule has 184 valence electrons. The summed E-state index contributed by atoms with van der Waals surface area (Å²) in [5.74, 6) is -1.10. The molecule has 0 fully saturated rings. The van der Waals surface area contributed by atoms with Gasteiger partial charge in [-0.15, -0.1) is 0 Å². The van der Waals surface area contributed by atoms with Crippen LogP contribution in [0.2, 0.25) is 0 Å². The van der Waals surface area contributed by atoms with E-state index in [2.05, 4.69) is 24.4 Å². The first-order chi connectivity index (χ1) is 17.4. The minimum atomic E-state index is -0.817. The predicted molar refractivity (Wildman–Crippen MR) is 140 cm³/mol. The number of rotatable bonds is 10. The topological polar surface area (TPSA) is 79.3 Å². The zero-order valence-corrected chi connectivity index (χ0v) is 20.2. The van der Waals surface area contributed by atoms with Crippen LogP contribution < -0.4 is 5.32 Å². The van der Waals surface area contributed by atoms with Crippen LogP contribution in [0.5, 0.6) is 0 Å². The van der Waals surface area contributed by atoms with E-state index < -0.39 is 5.97 Å². The van der Waals surface area contributed by atoms with Crippen molar-refractivity contribution >= 4 is 22.8 Å². The lowest BCUT2D eigenvalue weighted by Gasteiger charge is -2.14. The van der Waals surface area contributed by atoms with Gasteiger partial charge in [0.1, 0.15) is 5.82 Å². The summed E-state index contributed by atoms with van der Waals surface area (Å²) < 4.78 is 13.5. The number of carboxylic acid groups (broad SMARTS) is 1. The molecule has 1 amide bonds. The summed E-state index contributed by atoms with van der Waals surface area (Å²) in [5, 5.41) is 12.8. The second kappa shape index (κ2) is 11.6. The number of amides is 1. The molecule has 1 aromatic heterocycles. The van der Waals surface area contributed by atoms with Crippen molar-refractivity contribution in [1.82, 2.24) is 10.3 Å². The van der Waals surface area contributed by atoms with Crippen LogP contribution in [0.1, 0.15) is 53.6 Å². The van der Waals surface area contributed by atoms with E-state index in [1.165, 1.54) is 17.7 Å². The molecule has 2 N–H and O–H groups in total. The van der Waals surface area contributed by atoms with Gasteiger partial charge < -0.3 is 10.4 Å². The molecule has 5 nitrogen and oxygen atoms in total. The maximum absolute atomic E-state index is 13.5. The zero-order valence-electron chi connectivity index (χ0n) is 20.2. The molecule has 4 rings (SSSR count). The van der Waals surface area contributed by atoms with Crippen LogP contribution in [-0.2, 0) is 11.2 Å². The molecule has 0 aliphatic rings. The van der Waals surface area contributed by atoms with Crippen LogP contribution in [0.25, 0.3) is 22.2 Å². The molecule has 0 spiro atoms. The fourth-order valence-corrected chi connectivity index (χ4v) is 4.25. The largest absolute Gasteiger partial charge is 0.481 e. The molecular weight excluding hydrogens is 455 g/mol. The van der Waals surface area contributed by atoms with Crippen LogP contribution in [0, 0.1) is 5.82 Å². The third kappa shape index (κ3) is 6.33. The number of hydrogen-bond donors (Lipinski definition) is 2. The highest BCUT2D eigenvalue weighted by atomic mass is 19.1. The maximum Gasteiger partial charge on any atom is 0.303 e. The number of carbonyl (C=O) groups is 2. The van der Waals surface area contributed by atoms with Gasteiger partial charge in [0.15, 0.2) is 0 Å². The van der Waals surface area contributed by atoms with Gasteiger partial charge in [-0.3, -0.25) is 9.59 Å². The second-order valence-corrected chi connectivity index (χ2v) is 9.03. The number of hydrogen-bond acceptors (Lipinski definition) is 3.